The highest BCUT2D eigenvalue weighted by Crippen LogP contribution is 2.35. The fourth-order valence-corrected chi connectivity index (χ4v) is 2.43. The maximum atomic E-state index is 5.71. The molecule has 4 nitrogen and oxygen atoms in total. The molecule has 88 valence electrons. The van der Waals surface area contributed by atoms with Gasteiger partial charge in [0, 0.05) is 17.9 Å². The molecular weight excluding hydrogens is 214 g/mol. The standard InChI is InChI=1S/C13H15N3O/c14-10-3-5-11(6-4-10)16-7-1-2-12(16)13-8-15-9-17-13/h3-6,8-9,12H,1-2,7,14H2. The van der Waals surface area contributed by atoms with Crippen LogP contribution < -0.4 is 10.6 Å². The Balaban J connectivity index is 1.89. The van der Waals surface area contributed by atoms with Gasteiger partial charge < -0.3 is 15.1 Å². The van der Waals surface area contributed by atoms with E-state index in [1.807, 2.05) is 12.1 Å². The molecule has 1 aromatic heterocycles. The molecule has 1 fully saturated rings. The molecule has 0 amide bonds. The maximum absolute atomic E-state index is 5.71. The third-order valence-electron chi connectivity index (χ3n) is 3.26. The minimum absolute atomic E-state index is 0.307. The Morgan fingerprint density at radius 1 is 1.29 bits per heavy atom. The van der Waals surface area contributed by atoms with E-state index in [0.717, 1.165) is 24.4 Å². The van der Waals surface area contributed by atoms with Gasteiger partial charge in [0.25, 0.3) is 0 Å². The molecule has 4 heteroatoms. The number of anilines is 2. The molecule has 0 saturated carbocycles. The van der Waals surface area contributed by atoms with Crippen molar-refractivity contribution in [2.24, 2.45) is 0 Å². The monoisotopic (exact) mass is 229 g/mol. The Labute approximate surface area is 100 Å². The van der Waals surface area contributed by atoms with Gasteiger partial charge >= 0.3 is 0 Å². The predicted octanol–water partition coefficient (Wildman–Crippen LogP) is 2.60. The normalized spacial score (nSPS) is 19.8. The summed E-state index contributed by atoms with van der Waals surface area (Å²) in [6, 6.07) is 8.30. The van der Waals surface area contributed by atoms with Crippen LogP contribution in [0.3, 0.4) is 0 Å². The van der Waals surface area contributed by atoms with Gasteiger partial charge in [0.1, 0.15) is 5.76 Å². The highest BCUT2D eigenvalue weighted by atomic mass is 16.3. The smallest absolute Gasteiger partial charge is 0.180 e. The number of nitrogen functional groups attached to an aromatic ring is 1. The first kappa shape index (κ1) is 10.2. The van der Waals surface area contributed by atoms with Crippen molar-refractivity contribution in [2.45, 2.75) is 18.9 Å². The van der Waals surface area contributed by atoms with E-state index in [-0.39, 0.29) is 0 Å². The molecule has 0 radical (unpaired) electrons. The van der Waals surface area contributed by atoms with Crippen LogP contribution >= 0.6 is 0 Å². The van der Waals surface area contributed by atoms with Crippen LogP contribution in [0.1, 0.15) is 24.6 Å². The lowest BCUT2D eigenvalue weighted by Crippen LogP contribution is -2.22. The Bertz CT molecular complexity index is 478. The van der Waals surface area contributed by atoms with Crippen molar-refractivity contribution in [3.05, 3.63) is 42.6 Å². The lowest BCUT2D eigenvalue weighted by molar-refractivity contribution is 0.462. The second kappa shape index (κ2) is 4.13. The van der Waals surface area contributed by atoms with Gasteiger partial charge in [-0.25, -0.2) is 4.98 Å². The number of nitrogens with two attached hydrogens (primary N) is 1. The lowest BCUT2D eigenvalue weighted by Gasteiger charge is -2.25. The van der Waals surface area contributed by atoms with E-state index in [4.69, 9.17) is 10.2 Å². The molecule has 0 aliphatic carbocycles. The quantitative estimate of drug-likeness (QED) is 0.804. The first-order chi connectivity index (χ1) is 8.34. The summed E-state index contributed by atoms with van der Waals surface area (Å²) < 4.78 is 5.42. The molecule has 1 aliphatic heterocycles. The Hall–Kier alpha value is -1.97. The van der Waals surface area contributed by atoms with Crippen LogP contribution in [-0.4, -0.2) is 11.5 Å². The molecule has 17 heavy (non-hydrogen) atoms. The molecule has 0 bridgehead atoms. The van der Waals surface area contributed by atoms with Gasteiger partial charge in [0.05, 0.1) is 12.2 Å². The lowest BCUT2D eigenvalue weighted by atomic mass is 10.1. The van der Waals surface area contributed by atoms with Crippen molar-refractivity contribution < 1.29 is 4.42 Å². The van der Waals surface area contributed by atoms with E-state index in [1.54, 1.807) is 6.20 Å². The molecule has 1 atom stereocenters. The second-order valence-electron chi connectivity index (χ2n) is 4.35. The highest BCUT2D eigenvalue weighted by molar-refractivity contribution is 5.54. The molecule has 2 heterocycles. The number of benzene rings is 1. The fourth-order valence-electron chi connectivity index (χ4n) is 2.43. The second-order valence-corrected chi connectivity index (χ2v) is 4.35. The SMILES string of the molecule is Nc1ccc(N2CCCC2c2cnco2)cc1. The van der Waals surface area contributed by atoms with Gasteiger partial charge in [0.15, 0.2) is 6.39 Å². The zero-order valence-corrected chi connectivity index (χ0v) is 9.54. The number of hydrogen-bond donors (Lipinski definition) is 1. The summed E-state index contributed by atoms with van der Waals surface area (Å²) in [5.74, 6) is 0.944. The minimum Gasteiger partial charge on any atom is -0.446 e. The van der Waals surface area contributed by atoms with Crippen LogP contribution in [-0.2, 0) is 0 Å². The third kappa shape index (κ3) is 1.86. The molecule has 2 aromatic rings. The van der Waals surface area contributed by atoms with Crippen molar-refractivity contribution in [3.8, 4) is 0 Å². The van der Waals surface area contributed by atoms with Gasteiger partial charge in [-0.2, -0.15) is 0 Å². The van der Waals surface area contributed by atoms with Crippen LogP contribution in [0.5, 0.6) is 0 Å². The van der Waals surface area contributed by atoms with Crippen molar-refractivity contribution in [2.75, 3.05) is 17.2 Å². The summed E-state index contributed by atoms with van der Waals surface area (Å²) in [7, 11) is 0. The third-order valence-corrected chi connectivity index (χ3v) is 3.26. The molecule has 1 saturated heterocycles. The van der Waals surface area contributed by atoms with E-state index in [2.05, 4.69) is 22.0 Å². The summed E-state index contributed by atoms with van der Waals surface area (Å²) in [6.45, 7) is 1.05. The van der Waals surface area contributed by atoms with Crippen LogP contribution in [0.15, 0.2) is 41.3 Å². The molecular formula is C13H15N3O. The highest BCUT2D eigenvalue weighted by Gasteiger charge is 2.28. The van der Waals surface area contributed by atoms with E-state index in [1.165, 1.54) is 18.5 Å². The van der Waals surface area contributed by atoms with Crippen molar-refractivity contribution in [1.82, 2.24) is 4.98 Å². The first-order valence-electron chi connectivity index (χ1n) is 5.85. The van der Waals surface area contributed by atoms with E-state index >= 15 is 0 Å². The van der Waals surface area contributed by atoms with Gasteiger partial charge in [-0.05, 0) is 37.1 Å². The largest absolute Gasteiger partial charge is 0.446 e. The van der Waals surface area contributed by atoms with Gasteiger partial charge in [-0.3, -0.25) is 0 Å². The molecule has 1 unspecified atom stereocenters. The van der Waals surface area contributed by atoms with Gasteiger partial charge in [0.2, 0.25) is 0 Å². The zero-order valence-electron chi connectivity index (χ0n) is 9.54. The zero-order chi connectivity index (χ0) is 11.7. The van der Waals surface area contributed by atoms with Crippen molar-refractivity contribution in [1.29, 1.82) is 0 Å². The molecule has 3 rings (SSSR count). The molecule has 2 N–H and O–H groups in total. The van der Waals surface area contributed by atoms with E-state index in [0.29, 0.717) is 6.04 Å². The molecule has 1 aromatic carbocycles. The van der Waals surface area contributed by atoms with E-state index < -0.39 is 0 Å². The number of rotatable bonds is 2. The van der Waals surface area contributed by atoms with Crippen molar-refractivity contribution >= 4 is 11.4 Å². The first-order valence-corrected chi connectivity index (χ1v) is 5.85. The van der Waals surface area contributed by atoms with Crippen LogP contribution in [0.2, 0.25) is 0 Å². The van der Waals surface area contributed by atoms with Gasteiger partial charge in [-0.1, -0.05) is 0 Å². The van der Waals surface area contributed by atoms with Gasteiger partial charge in [-0.15, -0.1) is 0 Å². The fraction of sp³-hybridized carbons (Fsp3) is 0.308. The van der Waals surface area contributed by atoms with Crippen LogP contribution in [0.4, 0.5) is 11.4 Å². The molecule has 0 spiro atoms. The Morgan fingerprint density at radius 3 is 2.82 bits per heavy atom. The summed E-state index contributed by atoms with van der Waals surface area (Å²) in [5, 5.41) is 0. The number of aromatic nitrogens is 1. The number of hydrogen-bond acceptors (Lipinski definition) is 4. The van der Waals surface area contributed by atoms with E-state index in [9.17, 15) is 0 Å². The Kier molecular flexibility index (Phi) is 2.48. The summed E-state index contributed by atoms with van der Waals surface area (Å²) in [5.41, 5.74) is 7.70. The minimum atomic E-state index is 0.307. The topological polar surface area (TPSA) is 55.3 Å². The number of oxazole rings is 1. The summed E-state index contributed by atoms with van der Waals surface area (Å²) in [6.07, 6.45) is 5.59. The van der Waals surface area contributed by atoms with Crippen LogP contribution in [0.25, 0.3) is 0 Å². The average Bonchev–Trinajstić information content (AvgIpc) is 3.00. The maximum Gasteiger partial charge on any atom is 0.180 e. The number of nitrogens with zero attached hydrogens (tertiary/aromatic N) is 2. The summed E-state index contributed by atoms with van der Waals surface area (Å²) in [4.78, 5) is 6.34. The Morgan fingerprint density at radius 2 is 2.12 bits per heavy atom. The summed E-state index contributed by atoms with van der Waals surface area (Å²) >= 11 is 0. The average molecular weight is 229 g/mol. The van der Waals surface area contributed by atoms with Crippen molar-refractivity contribution in [3.63, 3.8) is 0 Å². The predicted molar refractivity (Wildman–Crippen MR) is 66.7 cm³/mol. The van der Waals surface area contributed by atoms with Crippen LogP contribution in [0, 0.1) is 0 Å². The molecule has 1 aliphatic rings.